The van der Waals surface area contributed by atoms with E-state index in [0.717, 1.165) is 6.42 Å². The van der Waals surface area contributed by atoms with Crippen LogP contribution in [-0.2, 0) is 13.5 Å². The fraction of sp³-hybridized carbons (Fsp3) is 0.467. The first kappa shape index (κ1) is 10.8. The zero-order valence-electron chi connectivity index (χ0n) is 10.4. The lowest BCUT2D eigenvalue weighted by Gasteiger charge is -2.15. The number of benzene rings is 1. The molecule has 90 valence electrons. The van der Waals surface area contributed by atoms with Gasteiger partial charge < -0.3 is 10.3 Å². The molecule has 0 saturated heterocycles. The SMILES string of the molecule is Cn1ccc2cc(CC3CCCC3N)ccc21. The molecule has 1 aromatic carbocycles. The van der Waals surface area contributed by atoms with Crippen molar-refractivity contribution in [1.29, 1.82) is 0 Å². The Bertz CT molecular complexity index is 527. The Labute approximate surface area is 102 Å². The van der Waals surface area contributed by atoms with Crippen molar-refractivity contribution in [3.05, 3.63) is 36.0 Å². The summed E-state index contributed by atoms with van der Waals surface area (Å²) in [6.07, 6.45) is 7.08. The molecule has 1 aromatic heterocycles. The molecule has 2 heteroatoms. The van der Waals surface area contributed by atoms with Crippen LogP contribution < -0.4 is 5.73 Å². The maximum Gasteiger partial charge on any atom is 0.0477 e. The molecule has 2 unspecified atom stereocenters. The van der Waals surface area contributed by atoms with E-state index >= 15 is 0 Å². The van der Waals surface area contributed by atoms with Crippen LogP contribution in [0, 0.1) is 5.92 Å². The van der Waals surface area contributed by atoms with E-state index in [9.17, 15) is 0 Å². The molecule has 1 aliphatic carbocycles. The highest BCUT2D eigenvalue weighted by molar-refractivity contribution is 5.80. The quantitative estimate of drug-likeness (QED) is 0.842. The maximum atomic E-state index is 6.14. The average molecular weight is 228 g/mol. The fourth-order valence-corrected chi connectivity index (χ4v) is 3.08. The lowest BCUT2D eigenvalue weighted by Crippen LogP contribution is -2.25. The molecule has 3 rings (SSSR count). The predicted molar refractivity (Wildman–Crippen MR) is 71.9 cm³/mol. The summed E-state index contributed by atoms with van der Waals surface area (Å²) >= 11 is 0. The number of nitrogens with two attached hydrogens (primary N) is 1. The standard InChI is InChI=1S/C15H20N2/c1-17-8-7-13-10-11(5-6-15(13)17)9-12-3-2-4-14(12)16/h5-8,10,12,14H,2-4,9,16H2,1H3. The number of nitrogens with zero attached hydrogens (tertiary/aromatic N) is 1. The highest BCUT2D eigenvalue weighted by atomic mass is 14.9. The van der Waals surface area contributed by atoms with E-state index in [0.29, 0.717) is 12.0 Å². The Kier molecular flexibility index (Phi) is 2.67. The summed E-state index contributed by atoms with van der Waals surface area (Å²) in [6, 6.07) is 9.41. The number of rotatable bonds is 2. The smallest absolute Gasteiger partial charge is 0.0477 e. The van der Waals surface area contributed by atoms with Gasteiger partial charge in [0.15, 0.2) is 0 Å². The first-order valence-corrected chi connectivity index (χ1v) is 6.53. The van der Waals surface area contributed by atoms with Crippen LogP contribution >= 0.6 is 0 Å². The molecule has 0 aliphatic heterocycles. The van der Waals surface area contributed by atoms with Gasteiger partial charge in [0, 0.05) is 24.8 Å². The van der Waals surface area contributed by atoms with Crippen LogP contribution in [-0.4, -0.2) is 10.6 Å². The Balaban J connectivity index is 1.85. The van der Waals surface area contributed by atoms with Crippen molar-refractivity contribution >= 4 is 10.9 Å². The minimum absolute atomic E-state index is 0.418. The zero-order chi connectivity index (χ0) is 11.8. The van der Waals surface area contributed by atoms with Gasteiger partial charge in [0.2, 0.25) is 0 Å². The van der Waals surface area contributed by atoms with Gasteiger partial charge in [-0.1, -0.05) is 12.5 Å². The van der Waals surface area contributed by atoms with Gasteiger partial charge in [-0.2, -0.15) is 0 Å². The topological polar surface area (TPSA) is 30.9 Å². The maximum absolute atomic E-state index is 6.14. The molecule has 2 N–H and O–H groups in total. The van der Waals surface area contributed by atoms with Crippen LogP contribution in [0.25, 0.3) is 10.9 Å². The van der Waals surface area contributed by atoms with Crippen LogP contribution in [0.5, 0.6) is 0 Å². The molecule has 1 heterocycles. The largest absolute Gasteiger partial charge is 0.351 e. The molecule has 0 radical (unpaired) electrons. The van der Waals surface area contributed by atoms with E-state index in [1.807, 2.05) is 0 Å². The van der Waals surface area contributed by atoms with Crippen LogP contribution in [0.4, 0.5) is 0 Å². The molecule has 1 saturated carbocycles. The van der Waals surface area contributed by atoms with E-state index < -0.39 is 0 Å². The Morgan fingerprint density at radius 2 is 2.18 bits per heavy atom. The third-order valence-electron chi connectivity index (χ3n) is 4.17. The van der Waals surface area contributed by atoms with Gasteiger partial charge in [-0.05, 0) is 54.3 Å². The summed E-state index contributed by atoms with van der Waals surface area (Å²) in [7, 11) is 2.09. The van der Waals surface area contributed by atoms with E-state index in [1.165, 1.54) is 35.7 Å². The van der Waals surface area contributed by atoms with E-state index in [-0.39, 0.29) is 0 Å². The second kappa shape index (κ2) is 4.19. The number of aryl methyl sites for hydroxylation is 1. The summed E-state index contributed by atoms with van der Waals surface area (Å²) in [4.78, 5) is 0. The molecule has 0 spiro atoms. The van der Waals surface area contributed by atoms with Gasteiger partial charge in [-0.15, -0.1) is 0 Å². The van der Waals surface area contributed by atoms with Crippen molar-refractivity contribution in [3.63, 3.8) is 0 Å². The lowest BCUT2D eigenvalue weighted by molar-refractivity contribution is 0.479. The molecule has 2 aromatic rings. The molecular weight excluding hydrogens is 208 g/mol. The number of aromatic nitrogens is 1. The molecule has 0 amide bonds. The minimum atomic E-state index is 0.418. The van der Waals surface area contributed by atoms with Gasteiger partial charge in [0.25, 0.3) is 0 Å². The number of hydrogen-bond acceptors (Lipinski definition) is 1. The van der Waals surface area contributed by atoms with Crippen molar-refractivity contribution < 1.29 is 0 Å². The van der Waals surface area contributed by atoms with Crippen molar-refractivity contribution in [1.82, 2.24) is 4.57 Å². The molecule has 1 aliphatic rings. The summed E-state index contributed by atoms with van der Waals surface area (Å²) < 4.78 is 2.17. The molecule has 2 nitrogen and oxygen atoms in total. The normalized spacial score (nSPS) is 24.6. The monoisotopic (exact) mass is 228 g/mol. The summed E-state index contributed by atoms with van der Waals surface area (Å²) in [5.74, 6) is 0.691. The third-order valence-corrected chi connectivity index (χ3v) is 4.17. The van der Waals surface area contributed by atoms with Gasteiger partial charge in [0.05, 0.1) is 0 Å². The van der Waals surface area contributed by atoms with E-state index in [4.69, 9.17) is 5.73 Å². The highest BCUT2D eigenvalue weighted by Gasteiger charge is 2.23. The van der Waals surface area contributed by atoms with Crippen molar-refractivity contribution in [2.45, 2.75) is 31.7 Å². The summed E-state index contributed by atoms with van der Waals surface area (Å²) in [5, 5.41) is 1.34. The van der Waals surface area contributed by atoms with Crippen LogP contribution in [0.2, 0.25) is 0 Å². The fourth-order valence-electron chi connectivity index (χ4n) is 3.08. The van der Waals surface area contributed by atoms with Gasteiger partial charge in [-0.25, -0.2) is 0 Å². The number of fused-ring (bicyclic) bond motifs is 1. The first-order valence-electron chi connectivity index (χ1n) is 6.53. The first-order chi connectivity index (χ1) is 8.24. The Morgan fingerprint density at radius 3 is 2.94 bits per heavy atom. The lowest BCUT2D eigenvalue weighted by atomic mass is 9.94. The van der Waals surface area contributed by atoms with Crippen molar-refractivity contribution in [2.24, 2.45) is 18.7 Å². The van der Waals surface area contributed by atoms with Gasteiger partial charge >= 0.3 is 0 Å². The second-order valence-electron chi connectivity index (χ2n) is 5.38. The van der Waals surface area contributed by atoms with Crippen LogP contribution in [0.15, 0.2) is 30.5 Å². The molecule has 2 atom stereocenters. The molecular formula is C15H20N2. The van der Waals surface area contributed by atoms with Crippen LogP contribution in [0.1, 0.15) is 24.8 Å². The zero-order valence-corrected chi connectivity index (χ0v) is 10.4. The van der Waals surface area contributed by atoms with E-state index in [2.05, 4.69) is 42.1 Å². The second-order valence-corrected chi connectivity index (χ2v) is 5.38. The Hall–Kier alpha value is -1.28. The minimum Gasteiger partial charge on any atom is -0.351 e. The van der Waals surface area contributed by atoms with E-state index in [1.54, 1.807) is 0 Å². The summed E-state index contributed by atoms with van der Waals surface area (Å²) in [5.41, 5.74) is 8.89. The van der Waals surface area contributed by atoms with Gasteiger partial charge in [-0.3, -0.25) is 0 Å². The van der Waals surface area contributed by atoms with Gasteiger partial charge in [0.1, 0.15) is 0 Å². The molecule has 1 fully saturated rings. The van der Waals surface area contributed by atoms with Crippen molar-refractivity contribution in [2.75, 3.05) is 0 Å². The molecule has 17 heavy (non-hydrogen) atoms. The number of hydrogen-bond donors (Lipinski definition) is 1. The van der Waals surface area contributed by atoms with Crippen LogP contribution in [0.3, 0.4) is 0 Å². The Morgan fingerprint density at radius 1 is 1.29 bits per heavy atom. The average Bonchev–Trinajstić information content (AvgIpc) is 2.87. The predicted octanol–water partition coefficient (Wildman–Crippen LogP) is 2.85. The highest BCUT2D eigenvalue weighted by Crippen LogP contribution is 2.28. The molecule has 0 bridgehead atoms. The van der Waals surface area contributed by atoms with Crippen molar-refractivity contribution in [3.8, 4) is 0 Å². The third kappa shape index (κ3) is 1.98. The summed E-state index contributed by atoms with van der Waals surface area (Å²) in [6.45, 7) is 0.